The molecule has 27 heteroatoms. The number of hydrogen-bond donors (Lipinski definition) is 4. The van der Waals surface area contributed by atoms with Crippen molar-refractivity contribution in [1.29, 1.82) is 0 Å². The first kappa shape index (κ1) is 88.1. The Morgan fingerprint density at radius 1 is 0.439 bits per heavy atom. The van der Waals surface area contributed by atoms with Crippen LogP contribution in [0.25, 0.3) is 66.2 Å². The number of phenols is 1. The van der Waals surface area contributed by atoms with Crippen LogP contribution in [-0.4, -0.2) is 105 Å². The third-order valence-corrected chi connectivity index (χ3v) is 22.2. The number of phenolic OH excluding ortho intramolecular Hbond substituents is 1. The molecule has 0 aliphatic heterocycles. The van der Waals surface area contributed by atoms with Crippen LogP contribution in [-0.2, 0) is 25.8 Å². The molecule has 0 fully saturated rings. The molecule has 0 saturated carbocycles. The maximum Gasteiger partial charge on any atom is 0.416 e. The van der Waals surface area contributed by atoms with Gasteiger partial charge in [0.2, 0.25) is 16.7 Å². The molecule has 9 aromatic carbocycles. The zero-order valence-electron chi connectivity index (χ0n) is 69.5. The van der Waals surface area contributed by atoms with Gasteiger partial charge in [-0.25, -0.2) is 19.3 Å². The predicted molar refractivity (Wildman–Crippen MR) is 474 cm³/mol. The lowest BCUT2D eigenvalue weighted by molar-refractivity contribution is -0.137. The van der Waals surface area contributed by atoms with Crippen LogP contribution in [0.15, 0.2) is 250 Å². The molecule has 6 aromatic heterocycles. The van der Waals surface area contributed by atoms with E-state index in [-0.39, 0.29) is 112 Å². The number of rotatable bonds is 27. The third kappa shape index (κ3) is 19.2. The van der Waals surface area contributed by atoms with Crippen LogP contribution in [0, 0.1) is 37.4 Å². The Kier molecular flexibility index (Phi) is 27.6. The molecule has 7 N–H and O–H groups in total. The fourth-order valence-electron chi connectivity index (χ4n) is 15.6. The molecule has 0 aliphatic rings. The van der Waals surface area contributed by atoms with Crippen molar-refractivity contribution in [2.45, 2.75) is 119 Å². The van der Waals surface area contributed by atoms with Crippen molar-refractivity contribution in [2.24, 2.45) is 35.0 Å². The summed E-state index contributed by atoms with van der Waals surface area (Å²) >= 11 is 3.43. The molecule has 0 radical (unpaired) electrons. The summed E-state index contributed by atoms with van der Waals surface area (Å²) in [4.78, 5) is 104. The summed E-state index contributed by atoms with van der Waals surface area (Å²) in [6, 6.07) is 60.2. The lowest BCUT2D eigenvalue weighted by Crippen LogP contribution is -2.42. The minimum absolute atomic E-state index is 0.0256. The topological polar surface area (TPSA) is 303 Å². The average Bonchev–Trinajstić information content (AvgIpc) is 1.63. The lowest BCUT2D eigenvalue weighted by Gasteiger charge is -2.35. The zero-order valence-corrected chi connectivity index (χ0v) is 71.1. The van der Waals surface area contributed by atoms with Gasteiger partial charge in [0, 0.05) is 68.1 Å². The number of benzene rings is 9. The van der Waals surface area contributed by atoms with Gasteiger partial charge in [-0.1, -0.05) is 184 Å². The van der Waals surface area contributed by atoms with Crippen LogP contribution >= 0.6 is 15.9 Å². The lowest BCUT2D eigenvalue weighted by atomic mass is 9.98. The quantitative estimate of drug-likeness (QED) is 0.0348. The number of aryl methyl sites for hydroxylation is 2. The van der Waals surface area contributed by atoms with Gasteiger partial charge in [-0.15, -0.1) is 0 Å². The fourth-order valence-corrected chi connectivity index (χ4v) is 15.8. The molecule has 15 aromatic rings. The number of nitrogens with zero attached hydrogens (tertiary/aromatic N) is 9. The first-order valence-electron chi connectivity index (χ1n) is 40.9. The summed E-state index contributed by atoms with van der Waals surface area (Å²) < 4.78 is 78.8. The van der Waals surface area contributed by atoms with Crippen LogP contribution in [0.5, 0.6) is 5.75 Å². The molecule has 3 unspecified atom stereocenters. The van der Waals surface area contributed by atoms with E-state index in [1.165, 1.54) is 25.8 Å². The number of nitrogens with two attached hydrogens (primary N) is 3. The van der Waals surface area contributed by atoms with E-state index in [1.54, 1.807) is 93.6 Å². The number of hydrogen-bond acceptors (Lipinski definition) is 16. The summed E-state index contributed by atoms with van der Waals surface area (Å²) in [5, 5.41) is 12.1. The van der Waals surface area contributed by atoms with Crippen LogP contribution in [0.4, 0.5) is 17.6 Å². The van der Waals surface area contributed by atoms with E-state index < -0.39 is 46.8 Å². The van der Waals surface area contributed by atoms with Gasteiger partial charge in [-0.2, -0.15) is 13.2 Å². The highest BCUT2D eigenvalue weighted by molar-refractivity contribution is 9.10. The number of carbonyl (C=O) groups is 3. The Hall–Kier alpha value is -12.7. The number of furan rings is 3. The number of aromatic hydroxyl groups is 1. The number of carbonyl (C=O) groups excluding carboxylic acids is 3. The Balaban J connectivity index is 0.000000159. The van der Waals surface area contributed by atoms with E-state index in [2.05, 4.69) is 15.9 Å². The Bertz CT molecular complexity index is 6250. The standard InChI is InChI=1S/C33H33F3N4O3.C32H34N4O4.C31H30BrFN4O3/c1-20(2)28(39(17-7-16-37)31(41)23-12-10-21(3)11-13-23)30-38-27-25-18-24(33(34,35)36)14-15-26(25)43-29(27)32(42)40(30)19-22-8-5-4-6-9-22;1-20(2)28(35(18-8-17-33)31(38)22-15-13-21(3)14-16-22)30-34-27-24-10-5-7-12-26(24)40-29(27)32(39)36(30)19-23-9-4-6-11-25(23)37;1-19(2)27(36(17-7-16-34)30(38)20-12-14-22(32)15-13-20)29-35-26-23-9-4-6-11-25(23)40-28(26)31(39)37(29)18-21-8-3-5-10-24(21)33/h4-6,8-15,18,20,28H,7,16-17,19,37H2,1-3H3;4-7,9-16,20,28,37H,8,17-19,33H2,1-3H3;3-6,8-15,19,27H,7,16-18,34H2,1-2H3. The van der Waals surface area contributed by atoms with Gasteiger partial charge in [0.25, 0.3) is 34.4 Å². The van der Waals surface area contributed by atoms with E-state index in [9.17, 15) is 51.4 Å². The van der Waals surface area contributed by atoms with E-state index in [0.29, 0.717) is 119 Å². The monoisotopic (exact) mass is 1730 g/mol. The largest absolute Gasteiger partial charge is 0.508 e. The van der Waals surface area contributed by atoms with Crippen LogP contribution in [0.2, 0.25) is 0 Å². The summed E-state index contributed by atoms with van der Waals surface area (Å²) in [7, 11) is 0. The van der Waals surface area contributed by atoms with Crippen molar-refractivity contribution >= 4 is 99.9 Å². The highest BCUT2D eigenvalue weighted by atomic mass is 79.9. The second-order valence-corrected chi connectivity index (χ2v) is 32.5. The minimum atomic E-state index is -4.59. The average molecular weight is 1730 g/mol. The zero-order chi connectivity index (χ0) is 87.7. The number of para-hydroxylation sites is 3. The maximum atomic E-state index is 14.8. The number of amides is 3. The van der Waals surface area contributed by atoms with E-state index in [0.717, 1.165) is 38.7 Å². The Labute approximate surface area is 715 Å². The molecule has 636 valence electrons. The van der Waals surface area contributed by atoms with Crippen molar-refractivity contribution in [3.8, 4) is 5.75 Å². The molecule has 22 nitrogen and oxygen atoms in total. The normalized spacial score (nSPS) is 12.5. The van der Waals surface area contributed by atoms with Gasteiger partial charge < -0.3 is 50.3 Å². The Morgan fingerprint density at radius 2 is 0.789 bits per heavy atom. The molecule has 0 saturated heterocycles. The molecule has 6 heterocycles. The smallest absolute Gasteiger partial charge is 0.416 e. The second-order valence-electron chi connectivity index (χ2n) is 31.6. The predicted octanol–water partition coefficient (Wildman–Crippen LogP) is 18.4. The van der Waals surface area contributed by atoms with Gasteiger partial charge in [0.1, 0.15) is 62.3 Å². The summed E-state index contributed by atoms with van der Waals surface area (Å²) in [6.07, 6.45) is -2.96. The van der Waals surface area contributed by atoms with Gasteiger partial charge in [-0.05, 0) is 179 Å². The SMILES string of the molecule is CC(C)C(c1nc2c(oc3ccccc32)c(=O)n1Cc1ccccc1F)N(CCCN)C(=O)c1ccc(Br)cc1.Cc1ccc(C(=O)N(CCCN)C(c2nc3c(oc4ccc(C(F)(F)F)cc43)c(=O)n2Cc2ccccc2)C(C)C)cc1.Cc1ccc(C(=O)N(CCCN)C(c2nc3c(oc4ccccc43)c(=O)n2Cc2ccccc2O)C(C)C)cc1. The van der Waals surface area contributed by atoms with Crippen molar-refractivity contribution in [1.82, 2.24) is 43.4 Å². The fraction of sp³-hybridized carbons (Fsp3) is 0.281. The minimum Gasteiger partial charge on any atom is -0.508 e. The van der Waals surface area contributed by atoms with E-state index in [4.69, 9.17) is 45.4 Å². The van der Waals surface area contributed by atoms with Crippen LogP contribution in [0.3, 0.4) is 0 Å². The molecule has 0 spiro atoms. The van der Waals surface area contributed by atoms with E-state index >= 15 is 0 Å². The Morgan fingerprint density at radius 3 is 1.19 bits per heavy atom. The molecule has 3 atom stereocenters. The molecular weight excluding hydrogens is 1640 g/mol. The number of halogens is 5. The molecule has 0 bridgehead atoms. The van der Waals surface area contributed by atoms with Crippen molar-refractivity contribution in [2.75, 3.05) is 39.3 Å². The maximum absolute atomic E-state index is 14.8. The highest BCUT2D eigenvalue weighted by Crippen LogP contribution is 2.40. The molecule has 15 rings (SSSR count). The highest BCUT2D eigenvalue weighted by Gasteiger charge is 2.39. The number of alkyl halides is 3. The van der Waals surface area contributed by atoms with Gasteiger partial charge in [0.15, 0.2) is 0 Å². The summed E-state index contributed by atoms with van der Waals surface area (Å²) in [6.45, 7) is 18.0. The van der Waals surface area contributed by atoms with Crippen molar-refractivity contribution in [3.05, 3.63) is 327 Å². The number of aromatic nitrogens is 6. The van der Waals surface area contributed by atoms with Crippen molar-refractivity contribution < 1.29 is 50.3 Å². The third-order valence-electron chi connectivity index (χ3n) is 21.7. The van der Waals surface area contributed by atoms with Crippen molar-refractivity contribution in [3.63, 3.8) is 0 Å². The van der Waals surface area contributed by atoms with Crippen LogP contribution < -0.4 is 33.9 Å². The first-order valence-corrected chi connectivity index (χ1v) is 41.7. The number of fused-ring (bicyclic) bond motifs is 9. The van der Waals surface area contributed by atoms with Gasteiger partial charge >= 0.3 is 6.18 Å². The summed E-state index contributed by atoms with van der Waals surface area (Å²) in [5.41, 5.74) is 22.9. The van der Waals surface area contributed by atoms with Gasteiger partial charge in [-0.3, -0.25) is 42.5 Å². The molecular formula is C96H97BrF4N12O10. The summed E-state index contributed by atoms with van der Waals surface area (Å²) in [5.74, 6) is -0.419. The molecule has 3 amide bonds. The van der Waals surface area contributed by atoms with Gasteiger partial charge in [0.05, 0.1) is 43.3 Å². The first-order chi connectivity index (χ1) is 59.1. The molecule has 0 aliphatic carbocycles. The molecule has 123 heavy (non-hydrogen) atoms. The second kappa shape index (κ2) is 38.6. The van der Waals surface area contributed by atoms with Crippen LogP contribution in [0.1, 0.15) is 161 Å². The van der Waals surface area contributed by atoms with E-state index in [1.807, 2.05) is 171 Å².